The van der Waals surface area contributed by atoms with Crippen LogP contribution in [0.3, 0.4) is 0 Å². The normalized spacial score (nSPS) is 33.8. The summed E-state index contributed by atoms with van der Waals surface area (Å²) in [4.78, 5) is 2.79. The molecule has 3 heteroatoms. The molecular formula is C16H32N2S. The van der Waals surface area contributed by atoms with Gasteiger partial charge in [-0.1, -0.05) is 6.42 Å². The Bertz CT molecular complexity index is 274. The van der Waals surface area contributed by atoms with Gasteiger partial charge in [0.1, 0.15) is 0 Å². The van der Waals surface area contributed by atoms with E-state index in [2.05, 4.69) is 49.0 Å². The summed E-state index contributed by atoms with van der Waals surface area (Å²) in [5.74, 6) is 0.869. The number of nitrogens with one attached hydrogen (secondary N) is 1. The topological polar surface area (TPSA) is 15.3 Å². The Labute approximate surface area is 124 Å². The highest BCUT2D eigenvalue weighted by atomic mass is 32.2. The van der Waals surface area contributed by atoms with Crippen molar-refractivity contribution in [3.05, 3.63) is 0 Å². The van der Waals surface area contributed by atoms with E-state index in [0.29, 0.717) is 0 Å². The second-order valence-corrected chi connectivity index (χ2v) is 8.60. The molecule has 2 nitrogen and oxygen atoms in total. The third-order valence-electron chi connectivity index (χ3n) is 4.69. The van der Waals surface area contributed by atoms with Crippen molar-refractivity contribution in [3.63, 3.8) is 0 Å². The lowest BCUT2D eigenvalue weighted by atomic mass is 9.94. The molecule has 0 aromatic rings. The number of thioether (sulfide) groups is 1. The maximum absolute atomic E-state index is 3.68. The summed E-state index contributed by atoms with van der Waals surface area (Å²) >= 11 is 2.08. The number of likely N-dealkylation sites (tertiary alicyclic amines) is 1. The van der Waals surface area contributed by atoms with E-state index in [0.717, 1.165) is 17.2 Å². The second-order valence-electron chi connectivity index (χ2n) is 7.46. The van der Waals surface area contributed by atoms with Gasteiger partial charge < -0.3 is 10.2 Å². The average molecular weight is 285 g/mol. The first-order valence-electron chi connectivity index (χ1n) is 8.00. The molecule has 1 saturated carbocycles. The van der Waals surface area contributed by atoms with Crippen molar-refractivity contribution >= 4 is 11.8 Å². The number of hydrogen-bond acceptors (Lipinski definition) is 3. The van der Waals surface area contributed by atoms with Gasteiger partial charge in [0.15, 0.2) is 0 Å². The van der Waals surface area contributed by atoms with Gasteiger partial charge >= 0.3 is 0 Å². The molecule has 0 bridgehead atoms. The summed E-state index contributed by atoms with van der Waals surface area (Å²) in [6, 6.07) is 0.880. The van der Waals surface area contributed by atoms with Crippen LogP contribution in [0.4, 0.5) is 0 Å². The summed E-state index contributed by atoms with van der Waals surface area (Å²) in [6.07, 6.45) is 9.44. The Morgan fingerprint density at radius 3 is 2.68 bits per heavy atom. The minimum atomic E-state index is 0.266. The molecular weight excluding hydrogens is 252 g/mol. The first-order chi connectivity index (χ1) is 8.98. The van der Waals surface area contributed by atoms with Crippen LogP contribution in [0, 0.1) is 5.92 Å². The van der Waals surface area contributed by atoms with Crippen LogP contribution in [-0.4, -0.2) is 47.6 Å². The van der Waals surface area contributed by atoms with Gasteiger partial charge in [0.25, 0.3) is 0 Å². The fraction of sp³-hybridized carbons (Fsp3) is 1.00. The Balaban J connectivity index is 1.75. The fourth-order valence-electron chi connectivity index (χ4n) is 3.48. The number of rotatable bonds is 4. The van der Waals surface area contributed by atoms with E-state index in [1.807, 2.05) is 0 Å². The lowest BCUT2D eigenvalue weighted by Crippen LogP contribution is -2.41. The largest absolute Gasteiger partial charge is 0.312 e. The van der Waals surface area contributed by atoms with Crippen molar-refractivity contribution < 1.29 is 0 Å². The molecule has 3 atom stereocenters. The van der Waals surface area contributed by atoms with Gasteiger partial charge in [0, 0.05) is 23.4 Å². The van der Waals surface area contributed by atoms with Crippen LogP contribution >= 0.6 is 11.8 Å². The van der Waals surface area contributed by atoms with E-state index in [9.17, 15) is 0 Å². The van der Waals surface area contributed by atoms with Crippen molar-refractivity contribution in [2.75, 3.05) is 25.9 Å². The zero-order valence-corrected chi connectivity index (χ0v) is 14.1. The van der Waals surface area contributed by atoms with Crippen molar-refractivity contribution in [2.45, 2.75) is 69.7 Å². The Morgan fingerprint density at radius 1 is 1.21 bits per heavy atom. The van der Waals surface area contributed by atoms with Crippen LogP contribution in [0.2, 0.25) is 0 Å². The van der Waals surface area contributed by atoms with Gasteiger partial charge in [-0.25, -0.2) is 0 Å². The minimum absolute atomic E-state index is 0.266. The van der Waals surface area contributed by atoms with Crippen LogP contribution in [0.5, 0.6) is 0 Å². The molecule has 2 fully saturated rings. The molecule has 19 heavy (non-hydrogen) atoms. The van der Waals surface area contributed by atoms with E-state index < -0.39 is 0 Å². The van der Waals surface area contributed by atoms with Gasteiger partial charge in [-0.15, -0.1) is 0 Å². The standard InChI is InChI=1S/C16H32N2S/c1-16(2,3)17-11-13-8-9-18(12-13)14-6-5-7-15(10-14)19-4/h13-15,17H,5-12H2,1-4H3. The van der Waals surface area contributed by atoms with Crippen LogP contribution in [-0.2, 0) is 0 Å². The Hall–Kier alpha value is 0.270. The summed E-state index contributed by atoms with van der Waals surface area (Å²) < 4.78 is 0. The van der Waals surface area contributed by atoms with E-state index in [1.54, 1.807) is 0 Å². The summed E-state index contributed by atoms with van der Waals surface area (Å²) in [5.41, 5.74) is 0.266. The minimum Gasteiger partial charge on any atom is -0.312 e. The molecule has 1 saturated heterocycles. The van der Waals surface area contributed by atoms with E-state index >= 15 is 0 Å². The molecule has 1 N–H and O–H groups in total. The first kappa shape index (κ1) is 15.7. The zero-order chi connectivity index (χ0) is 13.9. The van der Waals surface area contributed by atoms with Crippen molar-refractivity contribution in [1.82, 2.24) is 10.2 Å². The zero-order valence-electron chi connectivity index (χ0n) is 13.2. The molecule has 0 amide bonds. The van der Waals surface area contributed by atoms with E-state index in [1.165, 1.54) is 51.7 Å². The van der Waals surface area contributed by atoms with Crippen LogP contribution in [0.25, 0.3) is 0 Å². The maximum Gasteiger partial charge on any atom is 0.0106 e. The molecule has 0 aromatic heterocycles. The average Bonchev–Trinajstić information content (AvgIpc) is 2.84. The van der Waals surface area contributed by atoms with E-state index in [-0.39, 0.29) is 5.54 Å². The van der Waals surface area contributed by atoms with Gasteiger partial charge in [-0.3, -0.25) is 0 Å². The number of nitrogens with zero attached hydrogens (tertiary/aromatic N) is 1. The molecule has 1 aliphatic carbocycles. The smallest absolute Gasteiger partial charge is 0.0106 e. The predicted octanol–water partition coefficient (Wildman–Crippen LogP) is 3.37. The van der Waals surface area contributed by atoms with Gasteiger partial charge in [0.05, 0.1) is 0 Å². The molecule has 2 rings (SSSR count). The van der Waals surface area contributed by atoms with Crippen molar-refractivity contribution in [2.24, 2.45) is 5.92 Å². The highest BCUT2D eigenvalue weighted by molar-refractivity contribution is 7.99. The highest BCUT2D eigenvalue weighted by Crippen LogP contribution is 2.32. The predicted molar refractivity (Wildman–Crippen MR) is 87.0 cm³/mol. The van der Waals surface area contributed by atoms with Crippen molar-refractivity contribution in [3.8, 4) is 0 Å². The molecule has 0 aromatic carbocycles. The molecule has 0 spiro atoms. The van der Waals surface area contributed by atoms with Gasteiger partial charge in [0.2, 0.25) is 0 Å². The summed E-state index contributed by atoms with van der Waals surface area (Å²) in [5, 5.41) is 4.60. The third-order valence-corrected chi connectivity index (χ3v) is 5.78. The molecule has 2 aliphatic rings. The monoisotopic (exact) mass is 284 g/mol. The van der Waals surface area contributed by atoms with Crippen LogP contribution in [0.15, 0.2) is 0 Å². The molecule has 1 aliphatic heterocycles. The Kier molecular flexibility index (Phi) is 5.62. The van der Waals surface area contributed by atoms with Crippen LogP contribution < -0.4 is 5.32 Å². The highest BCUT2D eigenvalue weighted by Gasteiger charge is 2.31. The molecule has 112 valence electrons. The fourth-order valence-corrected chi connectivity index (χ4v) is 4.29. The molecule has 1 heterocycles. The summed E-state index contributed by atoms with van der Waals surface area (Å²) in [7, 11) is 0. The number of hydrogen-bond donors (Lipinski definition) is 1. The first-order valence-corrected chi connectivity index (χ1v) is 9.28. The van der Waals surface area contributed by atoms with E-state index in [4.69, 9.17) is 0 Å². The molecule has 3 unspecified atom stereocenters. The maximum atomic E-state index is 3.68. The lowest BCUT2D eigenvalue weighted by molar-refractivity contribution is 0.186. The van der Waals surface area contributed by atoms with Crippen molar-refractivity contribution in [1.29, 1.82) is 0 Å². The van der Waals surface area contributed by atoms with Crippen LogP contribution in [0.1, 0.15) is 52.9 Å². The summed E-state index contributed by atoms with van der Waals surface area (Å²) in [6.45, 7) is 10.7. The molecule has 0 radical (unpaired) electrons. The lowest BCUT2D eigenvalue weighted by Gasteiger charge is -2.35. The Morgan fingerprint density at radius 2 is 2.00 bits per heavy atom. The quantitative estimate of drug-likeness (QED) is 0.852. The van der Waals surface area contributed by atoms with Gasteiger partial charge in [-0.05, 0) is 71.7 Å². The third kappa shape index (κ3) is 4.95. The van der Waals surface area contributed by atoms with Gasteiger partial charge in [-0.2, -0.15) is 11.8 Å². The SMILES string of the molecule is CSC1CCCC(N2CCC(CNC(C)(C)C)C2)C1. The second kappa shape index (κ2) is 6.82.